The van der Waals surface area contributed by atoms with Crippen LogP contribution in [0.25, 0.3) is 6.08 Å². The molecular weight excluding hydrogens is 546 g/mol. The summed E-state index contributed by atoms with van der Waals surface area (Å²) in [6.07, 6.45) is 2.92. The molecule has 2 N–H and O–H groups in total. The molecule has 5 rings (SSSR count). The molecule has 0 saturated carbocycles. The molecule has 9 nitrogen and oxygen atoms in total. The topological polar surface area (TPSA) is 115 Å². The van der Waals surface area contributed by atoms with Crippen molar-refractivity contribution in [3.8, 4) is 17.2 Å². The van der Waals surface area contributed by atoms with Gasteiger partial charge in [0.1, 0.15) is 11.4 Å². The van der Waals surface area contributed by atoms with Gasteiger partial charge in [0.05, 0.1) is 16.8 Å². The van der Waals surface area contributed by atoms with E-state index < -0.39 is 17.8 Å². The van der Waals surface area contributed by atoms with E-state index in [2.05, 4.69) is 15.8 Å². The predicted octanol–water partition coefficient (Wildman–Crippen LogP) is 5.21. The van der Waals surface area contributed by atoms with Crippen LogP contribution < -0.4 is 25.0 Å². The number of carbonyl (C=O) groups is 3. The second kappa shape index (κ2) is 12.6. The van der Waals surface area contributed by atoms with Crippen molar-refractivity contribution >= 4 is 41.7 Å². The van der Waals surface area contributed by atoms with E-state index in [-0.39, 0.29) is 18.1 Å². The summed E-state index contributed by atoms with van der Waals surface area (Å²) in [7, 11) is 0. The summed E-state index contributed by atoms with van der Waals surface area (Å²) in [4.78, 5) is 38.2. The maximum atomic E-state index is 13.0. The zero-order valence-electron chi connectivity index (χ0n) is 21.4. The number of ether oxygens (including phenoxy) is 3. The van der Waals surface area contributed by atoms with Gasteiger partial charge >= 0.3 is 5.97 Å². The Morgan fingerprint density at radius 1 is 0.829 bits per heavy atom. The first-order valence-electron chi connectivity index (χ1n) is 12.3. The van der Waals surface area contributed by atoms with Crippen LogP contribution in [0.5, 0.6) is 17.2 Å². The highest BCUT2D eigenvalue weighted by molar-refractivity contribution is 6.33. The average molecular weight is 568 g/mol. The van der Waals surface area contributed by atoms with E-state index in [4.69, 9.17) is 25.8 Å². The Balaban J connectivity index is 1.26. The molecule has 0 spiro atoms. The van der Waals surface area contributed by atoms with E-state index in [0.29, 0.717) is 39.0 Å². The van der Waals surface area contributed by atoms with Gasteiger partial charge in [-0.05, 0) is 77.9 Å². The van der Waals surface area contributed by atoms with Crippen molar-refractivity contribution in [1.82, 2.24) is 10.7 Å². The summed E-state index contributed by atoms with van der Waals surface area (Å²) >= 11 is 6.05. The largest absolute Gasteiger partial charge is 0.454 e. The van der Waals surface area contributed by atoms with Crippen LogP contribution in [0.3, 0.4) is 0 Å². The first-order valence-corrected chi connectivity index (χ1v) is 12.7. The van der Waals surface area contributed by atoms with E-state index in [9.17, 15) is 14.4 Å². The van der Waals surface area contributed by atoms with E-state index in [1.807, 2.05) is 0 Å². The Bertz CT molecular complexity index is 1650. The fourth-order valence-corrected chi connectivity index (χ4v) is 3.96. The summed E-state index contributed by atoms with van der Waals surface area (Å²) in [6, 6.07) is 26.8. The molecule has 0 bridgehead atoms. The summed E-state index contributed by atoms with van der Waals surface area (Å²) in [5.74, 6) is -0.243. The standard InChI is InChI=1S/C31H22ClN3O6/c32-25-9-5-4-8-24(25)31(38)41-23-13-10-20(11-14-23)18-33-35-30(37)26(34-29(36)22-6-2-1-3-7-22)16-21-12-15-27-28(17-21)40-19-39-27/h1-18H,19H2,(H,34,36)(H,35,37)/b26-16-,33-18-. The third kappa shape index (κ3) is 6.97. The van der Waals surface area contributed by atoms with Gasteiger partial charge in [-0.2, -0.15) is 5.10 Å². The van der Waals surface area contributed by atoms with Crippen LogP contribution in [-0.2, 0) is 4.79 Å². The lowest BCUT2D eigenvalue weighted by molar-refractivity contribution is -0.117. The number of halogens is 1. The number of fused-ring (bicyclic) bond motifs is 1. The first-order chi connectivity index (χ1) is 20.0. The number of hydrogen-bond donors (Lipinski definition) is 2. The van der Waals surface area contributed by atoms with Crippen molar-refractivity contribution < 1.29 is 28.6 Å². The molecule has 10 heteroatoms. The molecule has 0 aromatic heterocycles. The molecule has 0 fully saturated rings. The second-order valence-electron chi connectivity index (χ2n) is 8.63. The Morgan fingerprint density at radius 3 is 2.32 bits per heavy atom. The Kier molecular flexibility index (Phi) is 8.37. The van der Waals surface area contributed by atoms with E-state index >= 15 is 0 Å². The molecule has 0 saturated heterocycles. The summed E-state index contributed by atoms with van der Waals surface area (Å²) in [5, 5.41) is 6.95. The molecular formula is C31H22ClN3O6. The predicted molar refractivity (Wildman–Crippen MR) is 153 cm³/mol. The highest BCUT2D eigenvalue weighted by atomic mass is 35.5. The molecule has 2 amide bonds. The Labute approximate surface area is 240 Å². The third-order valence-electron chi connectivity index (χ3n) is 5.80. The molecule has 204 valence electrons. The van der Waals surface area contributed by atoms with E-state index in [1.54, 1.807) is 97.1 Å². The molecule has 4 aromatic carbocycles. The van der Waals surface area contributed by atoms with Crippen molar-refractivity contribution in [2.75, 3.05) is 6.79 Å². The van der Waals surface area contributed by atoms with Crippen molar-refractivity contribution in [1.29, 1.82) is 0 Å². The molecule has 1 heterocycles. The number of esters is 1. The van der Waals surface area contributed by atoms with Gasteiger partial charge in [-0.25, -0.2) is 10.2 Å². The lowest BCUT2D eigenvalue weighted by Gasteiger charge is -2.09. The smallest absolute Gasteiger partial charge is 0.345 e. The van der Waals surface area contributed by atoms with Crippen molar-refractivity contribution in [2.45, 2.75) is 0 Å². The average Bonchev–Trinajstić information content (AvgIpc) is 3.46. The number of hydrazone groups is 1. The number of hydrogen-bond acceptors (Lipinski definition) is 7. The second-order valence-corrected chi connectivity index (χ2v) is 9.04. The van der Waals surface area contributed by atoms with Crippen LogP contribution in [0, 0.1) is 0 Å². The fraction of sp³-hybridized carbons (Fsp3) is 0.0323. The summed E-state index contributed by atoms with van der Waals surface area (Å²) in [5.41, 5.74) is 4.27. The Morgan fingerprint density at radius 2 is 1.54 bits per heavy atom. The summed E-state index contributed by atoms with van der Waals surface area (Å²) in [6.45, 7) is 0.111. The highest BCUT2D eigenvalue weighted by Gasteiger charge is 2.17. The van der Waals surface area contributed by atoms with Crippen molar-refractivity contribution in [3.63, 3.8) is 0 Å². The normalized spacial score (nSPS) is 12.2. The number of benzene rings is 4. The van der Waals surface area contributed by atoms with Crippen LogP contribution in [0.1, 0.15) is 31.8 Å². The number of nitrogens with zero attached hydrogens (tertiary/aromatic N) is 1. The number of carbonyl (C=O) groups excluding carboxylic acids is 3. The van der Waals surface area contributed by atoms with Gasteiger partial charge in [0, 0.05) is 5.56 Å². The lowest BCUT2D eigenvalue weighted by Crippen LogP contribution is -2.32. The highest BCUT2D eigenvalue weighted by Crippen LogP contribution is 2.33. The minimum Gasteiger partial charge on any atom is -0.454 e. The Hall–Kier alpha value is -5.41. The van der Waals surface area contributed by atoms with Crippen LogP contribution in [-0.4, -0.2) is 30.8 Å². The number of amides is 2. The van der Waals surface area contributed by atoms with Gasteiger partial charge in [-0.15, -0.1) is 0 Å². The van der Waals surface area contributed by atoms with Crippen LogP contribution in [0.2, 0.25) is 5.02 Å². The maximum absolute atomic E-state index is 13.0. The number of nitrogens with one attached hydrogen (secondary N) is 2. The lowest BCUT2D eigenvalue weighted by atomic mass is 10.1. The summed E-state index contributed by atoms with van der Waals surface area (Å²) < 4.78 is 16.1. The van der Waals surface area contributed by atoms with Crippen LogP contribution >= 0.6 is 11.6 Å². The molecule has 0 unspecified atom stereocenters. The molecule has 41 heavy (non-hydrogen) atoms. The zero-order valence-corrected chi connectivity index (χ0v) is 22.1. The molecule has 1 aliphatic heterocycles. The van der Waals surface area contributed by atoms with E-state index in [0.717, 1.165) is 0 Å². The minimum absolute atomic E-state index is 0.0308. The molecule has 4 aromatic rings. The van der Waals surface area contributed by atoms with Crippen molar-refractivity contribution in [2.24, 2.45) is 5.10 Å². The van der Waals surface area contributed by atoms with Crippen molar-refractivity contribution in [3.05, 3.63) is 130 Å². The van der Waals surface area contributed by atoms with Gasteiger partial charge in [-0.1, -0.05) is 48.0 Å². The molecule has 1 aliphatic rings. The SMILES string of the molecule is O=C(N/N=C\c1ccc(OC(=O)c2ccccc2Cl)cc1)/C(=C/c1ccc2c(c1)OCO2)NC(=O)c1ccccc1. The van der Waals surface area contributed by atoms with Crippen LogP contribution in [0.15, 0.2) is 108 Å². The molecule has 0 atom stereocenters. The third-order valence-corrected chi connectivity index (χ3v) is 6.13. The molecule has 0 aliphatic carbocycles. The van der Waals surface area contributed by atoms with Gasteiger partial charge in [-0.3, -0.25) is 9.59 Å². The van der Waals surface area contributed by atoms with Crippen LogP contribution in [0.4, 0.5) is 0 Å². The van der Waals surface area contributed by atoms with Gasteiger partial charge < -0.3 is 19.5 Å². The molecule has 0 radical (unpaired) electrons. The van der Waals surface area contributed by atoms with Gasteiger partial charge in [0.2, 0.25) is 6.79 Å². The fourth-order valence-electron chi connectivity index (χ4n) is 3.75. The monoisotopic (exact) mass is 567 g/mol. The van der Waals surface area contributed by atoms with Gasteiger partial charge in [0.15, 0.2) is 11.5 Å². The first kappa shape index (κ1) is 27.2. The zero-order chi connectivity index (χ0) is 28.6. The number of rotatable bonds is 8. The van der Waals surface area contributed by atoms with E-state index in [1.165, 1.54) is 12.3 Å². The minimum atomic E-state index is -0.645. The quantitative estimate of drug-likeness (QED) is 0.0993. The maximum Gasteiger partial charge on any atom is 0.345 e. The van der Waals surface area contributed by atoms with Gasteiger partial charge in [0.25, 0.3) is 11.8 Å².